The van der Waals surface area contributed by atoms with Crippen LogP contribution in [0.1, 0.15) is 19.3 Å². The van der Waals surface area contributed by atoms with Gasteiger partial charge in [0.05, 0.1) is 0 Å². The van der Waals surface area contributed by atoms with Gasteiger partial charge in [-0.05, 0) is 50.6 Å². The summed E-state index contributed by atoms with van der Waals surface area (Å²) in [6.07, 6.45) is 1.37. The normalized spacial score (nSPS) is 23.3. The summed E-state index contributed by atoms with van der Waals surface area (Å²) >= 11 is 0. The third-order valence-electron chi connectivity index (χ3n) is 4.38. The Hall–Kier alpha value is -2.18. The first-order valence-corrected chi connectivity index (χ1v) is 8.32. The van der Waals surface area contributed by atoms with Crippen LogP contribution in [-0.4, -0.2) is 30.4 Å². The number of aliphatic hydroxyl groups excluding tert-OH is 1. The zero-order valence-corrected chi connectivity index (χ0v) is 13.9. The molecule has 1 aliphatic rings. The zero-order chi connectivity index (χ0) is 17.8. The number of halogens is 2. The number of likely N-dealkylation sites (N-methyl/N-ethyl adjacent to an activating group) is 1. The highest BCUT2D eigenvalue weighted by molar-refractivity contribution is 5.43. The van der Waals surface area contributed by atoms with Crippen molar-refractivity contribution in [3.63, 3.8) is 0 Å². The lowest BCUT2D eigenvalue weighted by molar-refractivity contribution is -0.0143. The van der Waals surface area contributed by atoms with Gasteiger partial charge in [0.1, 0.15) is 29.6 Å². The van der Waals surface area contributed by atoms with Crippen molar-refractivity contribution in [2.24, 2.45) is 0 Å². The Labute approximate surface area is 145 Å². The van der Waals surface area contributed by atoms with Crippen LogP contribution >= 0.6 is 0 Å². The van der Waals surface area contributed by atoms with E-state index < -0.39 is 23.8 Å². The zero-order valence-electron chi connectivity index (χ0n) is 13.9. The van der Waals surface area contributed by atoms with Gasteiger partial charge in [-0.25, -0.2) is 8.78 Å². The van der Waals surface area contributed by atoms with E-state index in [0.717, 1.165) is 12.8 Å². The van der Waals surface area contributed by atoms with Crippen LogP contribution in [0, 0.1) is 11.6 Å². The Kier molecular flexibility index (Phi) is 5.50. The van der Waals surface area contributed by atoms with Gasteiger partial charge in [-0.2, -0.15) is 0 Å². The number of aliphatic hydroxyl groups is 1. The molecule has 6 heteroatoms. The van der Waals surface area contributed by atoms with E-state index in [1.807, 2.05) is 0 Å². The van der Waals surface area contributed by atoms with Gasteiger partial charge in [0.25, 0.3) is 0 Å². The van der Waals surface area contributed by atoms with E-state index >= 15 is 0 Å². The molecule has 1 aliphatic carbocycles. The molecular formula is C19H21F2NO3. The van der Waals surface area contributed by atoms with Crippen molar-refractivity contribution in [1.29, 1.82) is 0 Å². The number of ether oxygens (including phenoxy) is 2. The van der Waals surface area contributed by atoms with Gasteiger partial charge >= 0.3 is 0 Å². The molecule has 0 saturated heterocycles. The monoisotopic (exact) mass is 349 g/mol. The SMILES string of the molecule is CN[C@@H]1CCC[C@@H](Oc2ccc(F)cc2Oc2cccc(F)c2)[C@@H]1O. The van der Waals surface area contributed by atoms with E-state index in [-0.39, 0.29) is 17.5 Å². The van der Waals surface area contributed by atoms with Gasteiger partial charge in [-0.15, -0.1) is 0 Å². The van der Waals surface area contributed by atoms with Crippen molar-refractivity contribution >= 4 is 0 Å². The molecule has 1 fully saturated rings. The smallest absolute Gasteiger partial charge is 0.172 e. The van der Waals surface area contributed by atoms with Crippen molar-refractivity contribution in [3.05, 3.63) is 54.1 Å². The molecule has 0 aliphatic heterocycles. The summed E-state index contributed by atoms with van der Waals surface area (Å²) in [5.74, 6) is -0.240. The van der Waals surface area contributed by atoms with Crippen molar-refractivity contribution < 1.29 is 23.4 Å². The van der Waals surface area contributed by atoms with Crippen LogP contribution in [0.15, 0.2) is 42.5 Å². The lowest BCUT2D eigenvalue weighted by atomic mass is 9.90. The van der Waals surface area contributed by atoms with E-state index in [4.69, 9.17) is 9.47 Å². The quantitative estimate of drug-likeness (QED) is 0.865. The van der Waals surface area contributed by atoms with Gasteiger partial charge in [-0.1, -0.05) is 6.07 Å². The van der Waals surface area contributed by atoms with Crippen LogP contribution in [0.3, 0.4) is 0 Å². The highest BCUT2D eigenvalue weighted by Gasteiger charge is 2.33. The fourth-order valence-electron chi connectivity index (χ4n) is 3.06. The topological polar surface area (TPSA) is 50.7 Å². The molecule has 1 saturated carbocycles. The molecule has 0 heterocycles. The second kappa shape index (κ2) is 7.80. The molecule has 4 nitrogen and oxygen atoms in total. The molecule has 25 heavy (non-hydrogen) atoms. The van der Waals surface area contributed by atoms with Gasteiger partial charge in [0, 0.05) is 18.2 Å². The summed E-state index contributed by atoms with van der Waals surface area (Å²) in [6, 6.07) is 9.44. The second-order valence-corrected chi connectivity index (χ2v) is 6.12. The summed E-state index contributed by atoms with van der Waals surface area (Å²) in [5, 5.41) is 13.5. The summed E-state index contributed by atoms with van der Waals surface area (Å²) in [4.78, 5) is 0. The Balaban J connectivity index is 1.81. The molecule has 134 valence electrons. The van der Waals surface area contributed by atoms with Gasteiger partial charge in [0.15, 0.2) is 11.5 Å². The van der Waals surface area contributed by atoms with Gasteiger partial charge < -0.3 is 19.9 Å². The lowest BCUT2D eigenvalue weighted by Gasteiger charge is -2.34. The fourth-order valence-corrected chi connectivity index (χ4v) is 3.06. The van der Waals surface area contributed by atoms with Crippen LogP contribution in [-0.2, 0) is 0 Å². The van der Waals surface area contributed by atoms with E-state index in [0.29, 0.717) is 12.2 Å². The summed E-state index contributed by atoms with van der Waals surface area (Å²) < 4.78 is 38.5. The number of rotatable bonds is 5. The van der Waals surface area contributed by atoms with E-state index in [1.54, 1.807) is 13.1 Å². The summed E-state index contributed by atoms with van der Waals surface area (Å²) in [5.41, 5.74) is 0. The van der Waals surface area contributed by atoms with E-state index in [2.05, 4.69) is 5.32 Å². The minimum atomic E-state index is -0.675. The average molecular weight is 349 g/mol. The molecule has 0 bridgehead atoms. The second-order valence-electron chi connectivity index (χ2n) is 6.12. The highest BCUT2D eigenvalue weighted by Crippen LogP contribution is 2.35. The van der Waals surface area contributed by atoms with Crippen molar-refractivity contribution in [3.8, 4) is 17.2 Å². The maximum absolute atomic E-state index is 13.6. The molecule has 0 radical (unpaired) electrons. The fraction of sp³-hybridized carbons (Fsp3) is 0.368. The third kappa shape index (κ3) is 4.27. The first kappa shape index (κ1) is 17.6. The standard InChI is InChI=1S/C19H21F2NO3/c1-22-15-6-3-7-17(19(15)23)25-16-9-8-13(21)11-18(16)24-14-5-2-4-12(20)10-14/h2,4-5,8-11,15,17,19,22-23H,3,6-7H2,1H3/t15-,17-,19-/m1/s1. The number of hydrogen-bond acceptors (Lipinski definition) is 4. The Bertz CT molecular complexity index is 726. The van der Waals surface area contributed by atoms with Crippen LogP contribution in [0.25, 0.3) is 0 Å². The van der Waals surface area contributed by atoms with Crippen molar-refractivity contribution in [2.75, 3.05) is 7.05 Å². The Morgan fingerprint density at radius 2 is 1.84 bits per heavy atom. The minimum absolute atomic E-state index is 0.0493. The Morgan fingerprint density at radius 3 is 2.60 bits per heavy atom. The molecule has 3 rings (SSSR count). The van der Waals surface area contributed by atoms with Crippen LogP contribution in [0.4, 0.5) is 8.78 Å². The minimum Gasteiger partial charge on any atom is -0.484 e. The number of hydrogen-bond donors (Lipinski definition) is 2. The maximum atomic E-state index is 13.6. The predicted molar refractivity (Wildman–Crippen MR) is 90.0 cm³/mol. The molecule has 0 spiro atoms. The summed E-state index contributed by atoms with van der Waals surface area (Å²) in [7, 11) is 1.80. The van der Waals surface area contributed by atoms with E-state index in [1.165, 1.54) is 36.4 Å². The first-order chi connectivity index (χ1) is 12.1. The molecule has 3 atom stereocenters. The molecule has 2 N–H and O–H groups in total. The van der Waals surface area contributed by atoms with Crippen LogP contribution in [0.5, 0.6) is 17.2 Å². The molecule has 0 amide bonds. The van der Waals surface area contributed by atoms with E-state index in [9.17, 15) is 13.9 Å². The van der Waals surface area contributed by atoms with Crippen molar-refractivity contribution in [2.45, 2.75) is 37.5 Å². The van der Waals surface area contributed by atoms with Gasteiger partial charge in [-0.3, -0.25) is 0 Å². The van der Waals surface area contributed by atoms with Crippen LogP contribution < -0.4 is 14.8 Å². The van der Waals surface area contributed by atoms with Crippen molar-refractivity contribution in [1.82, 2.24) is 5.32 Å². The molecule has 2 aromatic carbocycles. The predicted octanol–water partition coefficient (Wildman–Crippen LogP) is 3.64. The highest BCUT2D eigenvalue weighted by atomic mass is 19.1. The molecule has 0 unspecified atom stereocenters. The van der Waals surface area contributed by atoms with Crippen LogP contribution in [0.2, 0.25) is 0 Å². The Morgan fingerprint density at radius 1 is 1.04 bits per heavy atom. The number of benzene rings is 2. The largest absolute Gasteiger partial charge is 0.484 e. The summed E-state index contributed by atoms with van der Waals surface area (Å²) in [6.45, 7) is 0. The maximum Gasteiger partial charge on any atom is 0.172 e. The first-order valence-electron chi connectivity index (χ1n) is 8.32. The molecule has 0 aromatic heterocycles. The average Bonchev–Trinajstić information content (AvgIpc) is 2.59. The molecular weight excluding hydrogens is 328 g/mol. The molecule has 2 aromatic rings. The third-order valence-corrected chi connectivity index (χ3v) is 4.38. The lowest BCUT2D eigenvalue weighted by Crippen LogP contribution is -2.50. The number of nitrogens with one attached hydrogen (secondary N) is 1. The van der Waals surface area contributed by atoms with Gasteiger partial charge in [0.2, 0.25) is 0 Å².